The number of benzene rings is 2. The van der Waals surface area contributed by atoms with E-state index in [0.29, 0.717) is 12.5 Å². The number of nitrogens with zero attached hydrogens (tertiary/aromatic N) is 2. The molecule has 2 aromatic rings. The molecule has 144 valence electrons. The summed E-state index contributed by atoms with van der Waals surface area (Å²) in [6.45, 7) is 12.2. The van der Waals surface area contributed by atoms with E-state index in [4.69, 9.17) is 5.73 Å². The number of fused-ring (bicyclic) bond motifs is 1. The van der Waals surface area contributed by atoms with Crippen molar-refractivity contribution in [3.63, 3.8) is 0 Å². The van der Waals surface area contributed by atoms with Crippen LogP contribution in [-0.2, 0) is 0 Å². The Labute approximate surface area is 163 Å². The van der Waals surface area contributed by atoms with Gasteiger partial charge in [0, 0.05) is 29.9 Å². The summed E-state index contributed by atoms with van der Waals surface area (Å²) in [4.78, 5) is 17.5. The van der Waals surface area contributed by atoms with Crippen LogP contribution in [0.2, 0.25) is 0 Å². The maximum atomic E-state index is 13.2. The van der Waals surface area contributed by atoms with Crippen molar-refractivity contribution >= 4 is 11.6 Å². The lowest BCUT2D eigenvalue weighted by atomic mass is 9.91. The molecule has 1 unspecified atom stereocenters. The monoisotopic (exact) mass is 365 g/mol. The zero-order valence-electron chi connectivity index (χ0n) is 16.9. The lowest BCUT2D eigenvalue weighted by Gasteiger charge is -2.30. The molecule has 27 heavy (non-hydrogen) atoms. The zero-order chi connectivity index (χ0) is 19.6. The predicted molar refractivity (Wildman–Crippen MR) is 112 cm³/mol. The van der Waals surface area contributed by atoms with E-state index < -0.39 is 0 Å². The van der Waals surface area contributed by atoms with E-state index in [2.05, 4.69) is 56.9 Å². The Hall–Kier alpha value is -2.33. The SMILES string of the molecule is CCN(CC)CCN1C(=O)c2ccccc2C1c1cccc(C(C)C)c1N. The van der Waals surface area contributed by atoms with Crippen molar-refractivity contribution in [2.75, 3.05) is 31.9 Å². The molecule has 2 aromatic carbocycles. The van der Waals surface area contributed by atoms with E-state index in [9.17, 15) is 4.79 Å². The van der Waals surface area contributed by atoms with Crippen LogP contribution in [0, 0.1) is 0 Å². The number of likely N-dealkylation sites (N-methyl/N-ethyl adjacent to an activating group) is 1. The summed E-state index contributed by atoms with van der Waals surface area (Å²) in [6, 6.07) is 14.1. The van der Waals surface area contributed by atoms with Gasteiger partial charge in [0.1, 0.15) is 0 Å². The van der Waals surface area contributed by atoms with Crippen LogP contribution in [0.4, 0.5) is 5.69 Å². The fourth-order valence-corrected chi connectivity index (χ4v) is 4.07. The predicted octanol–water partition coefficient (Wildman–Crippen LogP) is 4.28. The van der Waals surface area contributed by atoms with Crippen LogP contribution >= 0.6 is 0 Å². The number of amides is 1. The maximum Gasteiger partial charge on any atom is 0.255 e. The van der Waals surface area contributed by atoms with Crippen molar-refractivity contribution in [2.24, 2.45) is 0 Å². The van der Waals surface area contributed by atoms with Gasteiger partial charge in [0.25, 0.3) is 5.91 Å². The van der Waals surface area contributed by atoms with Gasteiger partial charge < -0.3 is 15.5 Å². The largest absolute Gasteiger partial charge is 0.398 e. The van der Waals surface area contributed by atoms with Gasteiger partial charge in [0.2, 0.25) is 0 Å². The molecule has 0 saturated carbocycles. The molecule has 0 radical (unpaired) electrons. The molecule has 0 bridgehead atoms. The van der Waals surface area contributed by atoms with Crippen molar-refractivity contribution in [2.45, 2.75) is 39.7 Å². The minimum absolute atomic E-state index is 0.108. The van der Waals surface area contributed by atoms with Gasteiger partial charge >= 0.3 is 0 Å². The average molecular weight is 366 g/mol. The van der Waals surface area contributed by atoms with E-state index in [0.717, 1.165) is 47.6 Å². The summed E-state index contributed by atoms with van der Waals surface area (Å²) >= 11 is 0. The second-order valence-electron chi connectivity index (χ2n) is 7.52. The van der Waals surface area contributed by atoms with Gasteiger partial charge in [-0.05, 0) is 36.2 Å². The topological polar surface area (TPSA) is 49.6 Å². The molecule has 3 rings (SSSR count). The summed E-state index contributed by atoms with van der Waals surface area (Å²) in [7, 11) is 0. The second kappa shape index (κ2) is 8.13. The fourth-order valence-electron chi connectivity index (χ4n) is 4.07. The molecule has 0 aromatic heterocycles. The van der Waals surface area contributed by atoms with Crippen LogP contribution in [-0.4, -0.2) is 41.9 Å². The van der Waals surface area contributed by atoms with Crippen LogP contribution in [0.3, 0.4) is 0 Å². The molecule has 0 saturated heterocycles. The van der Waals surface area contributed by atoms with Gasteiger partial charge in [-0.25, -0.2) is 0 Å². The van der Waals surface area contributed by atoms with Crippen LogP contribution < -0.4 is 5.73 Å². The molecule has 4 nitrogen and oxygen atoms in total. The molecule has 1 aliphatic heterocycles. The molecule has 1 atom stereocenters. The Morgan fingerprint density at radius 1 is 1.04 bits per heavy atom. The number of anilines is 1. The first-order valence-electron chi connectivity index (χ1n) is 10.00. The molecule has 1 amide bonds. The number of hydrogen-bond donors (Lipinski definition) is 1. The third kappa shape index (κ3) is 3.59. The van der Waals surface area contributed by atoms with Crippen LogP contribution in [0.1, 0.15) is 66.7 Å². The molecular formula is C23H31N3O. The Morgan fingerprint density at radius 3 is 2.37 bits per heavy atom. The first kappa shape index (κ1) is 19.4. The van der Waals surface area contributed by atoms with Crippen molar-refractivity contribution in [3.05, 3.63) is 64.7 Å². The molecular weight excluding hydrogens is 334 g/mol. The average Bonchev–Trinajstić information content (AvgIpc) is 2.95. The van der Waals surface area contributed by atoms with Gasteiger partial charge in [0.05, 0.1) is 6.04 Å². The highest BCUT2D eigenvalue weighted by atomic mass is 16.2. The normalized spacial score (nSPS) is 16.4. The third-order valence-electron chi connectivity index (χ3n) is 5.70. The third-order valence-corrected chi connectivity index (χ3v) is 5.70. The molecule has 1 heterocycles. The minimum atomic E-state index is -0.108. The number of rotatable bonds is 7. The minimum Gasteiger partial charge on any atom is -0.398 e. The maximum absolute atomic E-state index is 13.2. The molecule has 1 aliphatic rings. The zero-order valence-corrected chi connectivity index (χ0v) is 16.9. The summed E-state index contributed by atoms with van der Waals surface area (Å²) in [6.07, 6.45) is 0. The van der Waals surface area contributed by atoms with E-state index in [1.807, 2.05) is 23.1 Å². The van der Waals surface area contributed by atoms with Gasteiger partial charge in [0.15, 0.2) is 0 Å². The number of nitrogens with two attached hydrogens (primary N) is 1. The van der Waals surface area contributed by atoms with E-state index >= 15 is 0 Å². The first-order chi connectivity index (χ1) is 13.0. The second-order valence-corrected chi connectivity index (χ2v) is 7.52. The van der Waals surface area contributed by atoms with Gasteiger partial charge in [-0.15, -0.1) is 0 Å². The summed E-state index contributed by atoms with van der Waals surface area (Å²) in [5, 5.41) is 0. The smallest absolute Gasteiger partial charge is 0.255 e. The van der Waals surface area contributed by atoms with E-state index in [-0.39, 0.29) is 11.9 Å². The summed E-state index contributed by atoms with van der Waals surface area (Å²) < 4.78 is 0. The molecule has 0 spiro atoms. The quantitative estimate of drug-likeness (QED) is 0.745. The highest BCUT2D eigenvalue weighted by Gasteiger charge is 2.38. The van der Waals surface area contributed by atoms with Crippen molar-refractivity contribution in [3.8, 4) is 0 Å². The molecule has 0 fully saturated rings. The van der Waals surface area contributed by atoms with Crippen molar-refractivity contribution in [1.29, 1.82) is 0 Å². The Balaban J connectivity index is 2.04. The molecule has 0 aliphatic carbocycles. The first-order valence-corrected chi connectivity index (χ1v) is 10.00. The van der Waals surface area contributed by atoms with Crippen molar-refractivity contribution < 1.29 is 4.79 Å². The summed E-state index contributed by atoms with van der Waals surface area (Å²) in [5.41, 5.74) is 11.5. The number of nitrogen functional groups attached to an aromatic ring is 1. The van der Waals surface area contributed by atoms with Crippen molar-refractivity contribution in [1.82, 2.24) is 9.80 Å². The van der Waals surface area contributed by atoms with Gasteiger partial charge in [-0.1, -0.05) is 64.1 Å². The lowest BCUT2D eigenvalue weighted by Crippen LogP contribution is -2.37. The number of hydrogen-bond acceptors (Lipinski definition) is 3. The molecule has 2 N–H and O–H groups in total. The van der Waals surface area contributed by atoms with E-state index in [1.165, 1.54) is 0 Å². The van der Waals surface area contributed by atoms with Crippen LogP contribution in [0.5, 0.6) is 0 Å². The lowest BCUT2D eigenvalue weighted by molar-refractivity contribution is 0.0730. The van der Waals surface area contributed by atoms with Crippen LogP contribution in [0.15, 0.2) is 42.5 Å². The highest BCUT2D eigenvalue weighted by molar-refractivity contribution is 6.00. The Bertz CT molecular complexity index is 811. The number of para-hydroxylation sites is 1. The van der Waals surface area contributed by atoms with Gasteiger partial charge in [-0.3, -0.25) is 4.79 Å². The number of carbonyl (C=O) groups is 1. The Morgan fingerprint density at radius 2 is 1.70 bits per heavy atom. The number of carbonyl (C=O) groups excluding carboxylic acids is 1. The molecule has 4 heteroatoms. The van der Waals surface area contributed by atoms with Gasteiger partial charge in [-0.2, -0.15) is 0 Å². The van der Waals surface area contributed by atoms with E-state index in [1.54, 1.807) is 0 Å². The highest BCUT2D eigenvalue weighted by Crippen LogP contribution is 2.42. The van der Waals surface area contributed by atoms with Crippen LogP contribution in [0.25, 0.3) is 0 Å². The Kier molecular flexibility index (Phi) is 5.85. The summed E-state index contributed by atoms with van der Waals surface area (Å²) in [5.74, 6) is 0.457. The standard InChI is InChI=1S/C23H31N3O/c1-5-25(6-2)14-15-26-22(18-10-7-8-11-19(18)23(26)27)20-13-9-12-17(16(3)4)21(20)24/h7-13,16,22H,5-6,14-15,24H2,1-4H3. The fraction of sp³-hybridized carbons (Fsp3) is 0.435.